The van der Waals surface area contributed by atoms with Gasteiger partial charge in [-0.25, -0.2) is 0 Å². The second kappa shape index (κ2) is 7.92. The Morgan fingerprint density at radius 1 is 1.32 bits per heavy atom. The Bertz CT molecular complexity index is 381. The molecule has 1 aromatic carbocycles. The fourth-order valence-corrected chi connectivity index (χ4v) is 2.03. The van der Waals surface area contributed by atoms with Crippen LogP contribution >= 0.6 is 0 Å². The van der Waals surface area contributed by atoms with Crippen molar-refractivity contribution in [3.05, 3.63) is 35.9 Å². The van der Waals surface area contributed by atoms with E-state index in [1.165, 1.54) is 0 Å². The molecular weight excluding hydrogens is 240 g/mol. The number of ether oxygens (including phenoxy) is 1. The molecule has 106 valence electrons. The summed E-state index contributed by atoms with van der Waals surface area (Å²) < 4.78 is 5.64. The number of benzene rings is 1. The summed E-state index contributed by atoms with van der Waals surface area (Å²) in [6.07, 6.45) is 2.05. The molecule has 0 spiro atoms. The van der Waals surface area contributed by atoms with Crippen LogP contribution < -0.4 is 11.1 Å². The van der Waals surface area contributed by atoms with Gasteiger partial charge < -0.3 is 10.5 Å². The zero-order valence-electron chi connectivity index (χ0n) is 11.8. The van der Waals surface area contributed by atoms with E-state index in [9.17, 15) is 4.79 Å². The third kappa shape index (κ3) is 4.04. The van der Waals surface area contributed by atoms with Crippen molar-refractivity contribution in [1.82, 2.24) is 5.32 Å². The van der Waals surface area contributed by atoms with E-state index in [1.807, 2.05) is 37.3 Å². The molecule has 0 aliphatic rings. The smallest absolute Gasteiger partial charge is 0.244 e. The van der Waals surface area contributed by atoms with E-state index >= 15 is 0 Å². The summed E-state index contributed by atoms with van der Waals surface area (Å²) in [5.74, 6) is -0.406. The Balaban J connectivity index is 2.91. The van der Waals surface area contributed by atoms with Gasteiger partial charge in [-0.05, 0) is 18.5 Å². The normalized spacial score (nSPS) is 14.0. The highest BCUT2D eigenvalue weighted by molar-refractivity contribution is 5.86. The average molecular weight is 264 g/mol. The van der Waals surface area contributed by atoms with E-state index in [2.05, 4.69) is 12.2 Å². The lowest BCUT2D eigenvalue weighted by Gasteiger charge is -2.31. The van der Waals surface area contributed by atoms with Gasteiger partial charge in [0.1, 0.15) is 5.54 Å². The summed E-state index contributed by atoms with van der Waals surface area (Å²) in [6.45, 7) is 5.61. The van der Waals surface area contributed by atoms with Crippen LogP contribution in [0.1, 0.15) is 32.3 Å². The van der Waals surface area contributed by atoms with Crippen molar-refractivity contribution in [1.29, 1.82) is 0 Å². The van der Waals surface area contributed by atoms with Gasteiger partial charge in [0.15, 0.2) is 0 Å². The lowest BCUT2D eigenvalue weighted by molar-refractivity contribution is -0.127. The van der Waals surface area contributed by atoms with Gasteiger partial charge in [-0.1, -0.05) is 50.6 Å². The molecule has 0 heterocycles. The fraction of sp³-hybridized carbons (Fsp3) is 0.533. The molecule has 1 atom stereocenters. The number of likely N-dealkylation sites (N-methyl/N-ethyl adjacent to an activating group) is 1. The molecule has 1 amide bonds. The minimum absolute atomic E-state index is 0.264. The monoisotopic (exact) mass is 264 g/mol. The summed E-state index contributed by atoms with van der Waals surface area (Å²) in [4.78, 5) is 12.0. The summed E-state index contributed by atoms with van der Waals surface area (Å²) >= 11 is 0. The zero-order valence-corrected chi connectivity index (χ0v) is 11.8. The van der Waals surface area contributed by atoms with Gasteiger partial charge in [0, 0.05) is 6.61 Å². The molecule has 1 rings (SSSR count). The van der Waals surface area contributed by atoms with Crippen molar-refractivity contribution in [3.8, 4) is 0 Å². The Labute approximate surface area is 115 Å². The SMILES string of the molecule is CCCCOCC(NCC)(C(N)=O)c1ccccc1. The number of carbonyl (C=O) groups is 1. The molecule has 1 aromatic rings. The van der Waals surface area contributed by atoms with Gasteiger partial charge in [0.25, 0.3) is 0 Å². The number of rotatable bonds is 9. The first kappa shape index (κ1) is 15.7. The van der Waals surface area contributed by atoms with Gasteiger partial charge in [0.2, 0.25) is 5.91 Å². The van der Waals surface area contributed by atoms with Gasteiger partial charge in [0.05, 0.1) is 6.61 Å². The van der Waals surface area contributed by atoms with Crippen molar-refractivity contribution < 1.29 is 9.53 Å². The second-order valence-corrected chi connectivity index (χ2v) is 4.57. The first-order valence-electron chi connectivity index (χ1n) is 6.85. The maximum Gasteiger partial charge on any atom is 0.244 e. The number of hydrogen-bond acceptors (Lipinski definition) is 3. The predicted octanol–water partition coefficient (Wildman–Crippen LogP) is 1.79. The molecule has 1 unspecified atom stereocenters. The largest absolute Gasteiger partial charge is 0.379 e. The van der Waals surface area contributed by atoms with Gasteiger partial charge >= 0.3 is 0 Å². The van der Waals surface area contributed by atoms with Crippen LogP contribution in [0.5, 0.6) is 0 Å². The topological polar surface area (TPSA) is 64.3 Å². The zero-order chi connectivity index (χ0) is 14.1. The standard InChI is InChI=1S/C15H24N2O2/c1-3-5-11-19-12-15(14(16)18,17-4-2)13-9-7-6-8-10-13/h6-10,17H,3-5,11-12H2,1-2H3,(H2,16,18). The Kier molecular flexibility index (Phi) is 6.53. The predicted molar refractivity (Wildman–Crippen MR) is 76.7 cm³/mol. The molecule has 0 aliphatic carbocycles. The molecule has 4 nitrogen and oxygen atoms in total. The van der Waals surface area contributed by atoms with Crippen LogP contribution in [-0.2, 0) is 15.1 Å². The number of nitrogens with one attached hydrogen (secondary N) is 1. The molecule has 4 heteroatoms. The molecule has 0 aliphatic heterocycles. The lowest BCUT2D eigenvalue weighted by Crippen LogP contribution is -2.55. The quantitative estimate of drug-likeness (QED) is 0.668. The van der Waals surface area contributed by atoms with Crippen LogP contribution in [0.2, 0.25) is 0 Å². The molecule has 0 saturated heterocycles. The van der Waals surface area contributed by atoms with E-state index in [1.54, 1.807) is 0 Å². The summed E-state index contributed by atoms with van der Waals surface area (Å²) in [5.41, 5.74) is 5.53. The fourth-order valence-electron chi connectivity index (χ4n) is 2.03. The van der Waals surface area contributed by atoms with Crippen LogP contribution in [0.15, 0.2) is 30.3 Å². The number of unbranched alkanes of at least 4 members (excludes halogenated alkanes) is 1. The van der Waals surface area contributed by atoms with Crippen LogP contribution in [0.3, 0.4) is 0 Å². The molecular formula is C15H24N2O2. The molecule has 0 fully saturated rings. The third-order valence-electron chi connectivity index (χ3n) is 3.13. The number of primary amides is 1. The van der Waals surface area contributed by atoms with Crippen molar-refractivity contribution in [3.63, 3.8) is 0 Å². The second-order valence-electron chi connectivity index (χ2n) is 4.57. The maximum atomic E-state index is 12.0. The molecule has 0 bridgehead atoms. The summed E-state index contributed by atoms with van der Waals surface area (Å²) in [7, 11) is 0. The number of amides is 1. The van der Waals surface area contributed by atoms with E-state index in [-0.39, 0.29) is 6.61 Å². The van der Waals surface area contributed by atoms with Crippen LogP contribution in [0.4, 0.5) is 0 Å². The van der Waals surface area contributed by atoms with Crippen molar-refractivity contribution >= 4 is 5.91 Å². The molecule has 19 heavy (non-hydrogen) atoms. The first-order chi connectivity index (χ1) is 9.17. The van der Waals surface area contributed by atoms with E-state index in [0.717, 1.165) is 18.4 Å². The van der Waals surface area contributed by atoms with Crippen LogP contribution in [-0.4, -0.2) is 25.7 Å². The van der Waals surface area contributed by atoms with Gasteiger partial charge in [-0.15, -0.1) is 0 Å². The maximum absolute atomic E-state index is 12.0. The molecule has 0 aromatic heterocycles. The van der Waals surface area contributed by atoms with Gasteiger partial charge in [-0.3, -0.25) is 10.1 Å². The highest BCUT2D eigenvalue weighted by atomic mass is 16.5. The van der Waals surface area contributed by atoms with Crippen molar-refractivity contribution in [2.24, 2.45) is 5.73 Å². The third-order valence-corrected chi connectivity index (χ3v) is 3.13. The Morgan fingerprint density at radius 2 is 2.00 bits per heavy atom. The Morgan fingerprint density at radius 3 is 2.53 bits per heavy atom. The highest BCUT2D eigenvalue weighted by Gasteiger charge is 2.38. The van der Waals surface area contributed by atoms with Crippen LogP contribution in [0, 0.1) is 0 Å². The Hall–Kier alpha value is -1.39. The minimum atomic E-state index is -0.941. The lowest BCUT2D eigenvalue weighted by atomic mass is 9.89. The van der Waals surface area contributed by atoms with E-state index < -0.39 is 11.4 Å². The summed E-state index contributed by atoms with van der Waals surface area (Å²) in [5, 5.41) is 3.19. The molecule has 0 saturated carbocycles. The highest BCUT2D eigenvalue weighted by Crippen LogP contribution is 2.21. The number of carbonyl (C=O) groups excluding carboxylic acids is 1. The molecule has 3 N–H and O–H groups in total. The van der Waals surface area contributed by atoms with E-state index in [0.29, 0.717) is 13.2 Å². The molecule has 0 radical (unpaired) electrons. The average Bonchev–Trinajstić information content (AvgIpc) is 2.43. The first-order valence-corrected chi connectivity index (χ1v) is 6.85. The van der Waals surface area contributed by atoms with Gasteiger partial charge in [-0.2, -0.15) is 0 Å². The van der Waals surface area contributed by atoms with Crippen LogP contribution in [0.25, 0.3) is 0 Å². The number of nitrogens with two attached hydrogens (primary N) is 1. The van der Waals surface area contributed by atoms with Crippen molar-refractivity contribution in [2.75, 3.05) is 19.8 Å². The summed E-state index contributed by atoms with van der Waals surface area (Å²) in [6, 6.07) is 9.51. The minimum Gasteiger partial charge on any atom is -0.379 e. The van der Waals surface area contributed by atoms with Crippen molar-refractivity contribution in [2.45, 2.75) is 32.2 Å². The van der Waals surface area contributed by atoms with E-state index in [4.69, 9.17) is 10.5 Å². The number of hydrogen-bond donors (Lipinski definition) is 2.